The van der Waals surface area contributed by atoms with Crippen LogP contribution in [0.1, 0.15) is 37.0 Å². The van der Waals surface area contributed by atoms with E-state index in [2.05, 4.69) is 33.0 Å². The Morgan fingerprint density at radius 1 is 1.50 bits per heavy atom. The number of halogens is 1. The molecule has 5 heteroatoms. The zero-order chi connectivity index (χ0) is 13.0. The number of carboxylic acid groups (broad SMARTS) is 1. The maximum Gasteiger partial charge on any atom is 0.303 e. The van der Waals surface area contributed by atoms with Crippen LogP contribution in [0.4, 0.5) is 0 Å². The fraction of sp³-hybridized carbons (Fsp3) is 0.615. The van der Waals surface area contributed by atoms with Gasteiger partial charge in [-0.05, 0) is 53.9 Å². The fourth-order valence-corrected chi connectivity index (χ4v) is 4.03. The average molecular weight is 332 g/mol. The van der Waals surface area contributed by atoms with E-state index in [1.807, 2.05) is 0 Å². The molecule has 0 bridgehead atoms. The van der Waals surface area contributed by atoms with E-state index >= 15 is 0 Å². The van der Waals surface area contributed by atoms with E-state index in [-0.39, 0.29) is 6.42 Å². The van der Waals surface area contributed by atoms with Crippen LogP contribution >= 0.6 is 27.3 Å². The van der Waals surface area contributed by atoms with E-state index in [0.29, 0.717) is 6.04 Å². The van der Waals surface area contributed by atoms with Crippen molar-refractivity contribution < 1.29 is 9.90 Å². The van der Waals surface area contributed by atoms with Gasteiger partial charge in [-0.25, -0.2) is 0 Å². The van der Waals surface area contributed by atoms with Gasteiger partial charge in [0, 0.05) is 23.9 Å². The monoisotopic (exact) mass is 331 g/mol. The van der Waals surface area contributed by atoms with Crippen LogP contribution in [0, 0.1) is 0 Å². The first kappa shape index (κ1) is 14.0. The Kier molecular flexibility index (Phi) is 5.21. The Hall–Kier alpha value is -0.390. The highest BCUT2D eigenvalue weighted by molar-refractivity contribution is 9.11. The van der Waals surface area contributed by atoms with Gasteiger partial charge in [-0.1, -0.05) is 6.42 Å². The molecule has 3 nitrogen and oxygen atoms in total. The number of hydrogen-bond donors (Lipinski definition) is 1. The predicted octanol–water partition coefficient (Wildman–Crippen LogP) is 3.73. The number of carbonyl (C=O) groups is 1. The molecule has 0 radical (unpaired) electrons. The first-order valence-electron chi connectivity index (χ1n) is 6.35. The van der Waals surface area contributed by atoms with Crippen molar-refractivity contribution in [2.24, 2.45) is 0 Å². The Morgan fingerprint density at radius 3 is 3.00 bits per heavy atom. The van der Waals surface area contributed by atoms with Gasteiger partial charge in [0.2, 0.25) is 0 Å². The van der Waals surface area contributed by atoms with Crippen LogP contribution in [0.25, 0.3) is 0 Å². The van der Waals surface area contributed by atoms with Gasteiger partial charge in [0.05, 0.1) is 3.79 Å². The highest BCUT2D eigenvalue weighted by atomic mass is 79.9. The summed E-state index contributed by atoms with van der Waals surface area (Å²) >= 11 is 5.25. The molecule has 1 aromatic heterocycles. The van der Waals surface area contributed by atoms with E-state index in [9.17, 15) is 4.79 Å². The molecule has 2 heterocycles. The summed E-state index contributed by atoms with van der Waals surface area (Å²) in [5.74, 6) is -0.681. The molecule has 2 rings (SSSR count). The summed E-state index contributed by atoms with van der Waals surface area (Å²) in [6, 6.07) is 4.67. The van der Waals surface area contributed by atoms with E-state index in [4.69, 9.17) is 5.11 Å². The van der Waals surface area contributed by atoms with Crippen LogP contribution in [-0.2, 0) is 11.3 Å². The molecule has 1 unspecified atom stereocenters. The molecule has 0 aromatic carbocycles. The number of rotatable bonds is 5. The van der Waals surface area contributed by atoms with E-state index in [0.717, 1.165) is 29.7 Å². The quantitative estimate of drug-likeness (QED) is 0.893. The molecule has 0 amide bonds. The van der Waals surface area contributed by atoms with Crippen LogP contribution in [0.15, 0.2) is 15.9 Å². The number of thiophene rings is 1. The van der Waals surface area contributed by atoms with E-state index < -0.39 is 5.97 Å². The molecular formula is C13H18BrNO2S. The van der Waals surface area contributed by atoms with E-state index in [1.54, 1.807) is 11.3 Å². The summed E-state index contributed by atoms with van der Waals surface area (Å²) in [6.07, 6.45) is 4.67. The van der Waals surface area contributed by atoms with Gasteiger partial charge in [0.1, 0.15) is 0 Å². The third-order valence-corrected chi connectivity index (χ3v) is 5.04. The van der Waals surface area contributed by atoms with Crippen LogP contribution in [0.5, 0.6) is 0 Å². The minimum atomic E-state index is -0.681. The summed E-state index contributed by atoms with van der Waals surface area (Å²) in [5, 5.41) is 8.80. The van der Waals surface area contributed by atoms with Crippen molar-refractivity contribution in [3.8, 4) is 0 Å². The third kappa shape index (κ3) is 4.07. The molecule has 1 atom stereocenters. The Labute approximate surface area is 120 Å². The van der Waals surface area contributed by atoms with Crippen LogP contribution in [-0.4, -0.2) is 28.6 Å². The Balaban J connectivity index is 1.92. The lowest BCUT2D eigenvalue weighted by Crippen LogP contribution is -2.39. The van der Waals surface area contributed by atoms with Gasteiger partial charge < -0.3 is 5.11 Å². The van der Waals surface area contributed by atoms with Crippen molar-refractivity contribution in [3.63, 3.8) is 0 Å². The molecule has 100 valence electrons. The zero-order valence-electron chi connectivity index (χ0n) is 10.3. The highest BCUT2D eigenvalue weighted by Gasteiger charge is 2.23. The minimum Gasteiger partial charge on any atom is -0.481 e. The smallest absolute Gasteiger partial charge is 0.303 e. The normalized spacial score (nSPS) is 21.1. The molecule has 0 spiro atoms. The predicted molar refractivity (Wildman–Crippen MR) is 76.9 cm³/mol. The lowest BCUT2D eigenvalue weighted by molar-refractivity contribution is -0.137. The fourth-order valence-electron chi connectivity index (χ4n) is 2.52. The second-order valence-corrected chi connectivity index (χ2v) is 7.31. The van der Waals surface area contributed by atoms with Gasteiger partial charge in [-0.2, -0.15) is 0 Å². The van der Waals surface area contributed by atoms with Crippen molar-refractivity contribution in [2.45, 2.75) is 44.7 Å². The maximum absolute atomic E-state index is 10.7. The minimum absolute atomic E-state index is 0.287. The number of hydrogen-bond acceptors (Lipinski definition) is 3. The Bertz CT molecular complexity index is 407. The second kappa shape index (κ2) is 6.68. The molecule has 1 fully saturated rings. The maximum atomic E-state index is 10.7. The van der Waals surface area contributed by atoms with E-state index in [1.165, 1.54) is 17.7 Å². The topological polar surface area (TPSA) is 40.5 Å². The van der Waals surface area contributed by atoms with Crippen molar-refractivity contribution in [3.05, 3.63) is 20.8 Å². The van der Waals surface area contributed by atoms with Gasteiger partial charge >= 0.3 is 5.97 Å². The Morgan fingerprint density at radius 2 is 2.33 bits per heavy atom. The van der Waals surface area contributed by atoms with Crippen molar-refractivity contribution in [2.75, 3.05) is 6.54 Å². The summed E-state index contributed by atoms with van der Waals surface area (Å²) in [5.41, 5.74) is 0. The lowest BCUT2D eigenvalue weighted by Gasteiger charge is -2.35. The SMILES string of the molecule is O=C(O)CCC1CCCCN1Cc1ccc(Br)s1. The molecule has 1 aromatic rings. The zero-order valence-corrected chi connectivity index (χ0v) is 12.7. The molecule has 0 aliphatic carbocycles. The summed E-state index contributed by atoms with van der Waals surface area (Å²) in [7, 11) is 0. The second-order valence-electron chi connectivity index (χ2n) is 4.76. The largest absolute Gasteiger partial charge is 0.481 e. The molecule has 1 aliphatic heterocycles. The van der Waals surface area contributed by atoms with Crippen molar-refractivity contribution in [1.82, 2.24) is 4.90 Å². The number of piperidine rings is 1. The average Bonchev–Trinajstić information content (AvgIpc) is 2.73. The van der Waals surface area contributed by atoms with Crippen molar-refractivity contribution >= 4 is 33.2 Å². The lowest BCUT2D eigenvalue weighted by atomic mass is 9.98. The number of carboxylic acids is 1. The van der Waals surface area contributed by atoms with Crippen LogP contribution in [0.3, 0.4) is 0 Å². The van der Waals surface area contributed by atoms with Crippen molar-refractivity contribution in [1.29, 1.82) is 0 Å². The van der Waals surface area contributed by atoms with Gasteiger partial charge in [0.15, 0.2) is 0 Å². The van der Waals surface area contributed by atoms with Gasteiger partial charge in [-0.15, -0.1) is 11.3 Å². The first-order chi connectivity index (χ1) is 8.65. The molecular weight excluding hydrogens is 314 g/mol. The summed E-state index contributed by atoms with van der Waals surface area (Å²) < 4.78 is 1.16. The van der Waals surface area contributed by atoms with Gasteiger partial charge in [0.25, 0.3) is 0 Å². The first-order valence-corrected chi connectivity index (χ1v) is 7.96. The summed E-state index contributed by atoms with van der Waals surface area (Å²) in [6.45, 7) is 2.06. The number of nitrogens with zero attached hydrogens (tertiary/aromatic N) is 1. The van der Waals surface area contributed by atoms with Crippen LogP contribution in [0.2, 0.25) is 0 Å². The molecule has 1 N–H and O–H groups in total. The number of likely N-dealkylation sites (tertiary alicyclic amines) is 1. The van der Waals surface area contributed by atoms with Gasteiger partial charge in [-0.3, -0.25) is 9.69 Å². The molecule has 18 heavy (non-hydrogen) atoms. The third-order valence-electron chi connectivity index (χ3n) is 3.43. The standard InChI is InChI=1S/C13H18BrNO2S/c14-12-6-5-11(18-12)9-15-8-2-1-3-10(15)4-7-13(16)17/h5-6,10H,1-4,7-9H2,(H,16,17). The van der Waals surface area contributed by atoms with Crippen LogP contribution < -0.4 is 0 Å². The molecule has 1 aliphatic rings. The summed E-state index contributed by atoms with van der Waals surface area (Å²) in [4.78, 5) is 14.5. The highest BCUT2D eigenvalue weighted by Crippen LogP contribution is 2.27. The molecule has 1 saturated heterocycles. The molecule has 0 saturated carbocycles. The number of aliphatic carboxylic acids is 1.